The van der Waals surface area contributed by atoms with Gasteiger partial charge in [0.1, 0.15) is 10.6 Å². The molecular formula is C13H20ClN3O5S. The second-order valence-corrected chi connectivity index (χ2v) is 7.18. The van der Waals surface area contributed by atoms with Crippen LogP contribution in [0.15, 0.2) is 23.1 Å². The Bertz CT molecular complexity index is 682. The summed E-state index contributed by atoms with van der Waals surface area (Å²) >= 11 is 0. The van der Waals surface area contributed by atoms with Crippen molar-refractivity contribution in [1.82, 2.24) is 9.62 Å². The van der Waals surface area contributed by atoms with Gasteiger partial charge in [0, 0.05) is 37.3 Å². The molecule has 1 N–H and O–H groups in total. The van der Waals surface area contributed by atoms with Gasteiger partial charge >= 0.3 is 0 Å². The fraction of sp³-hybridized carbons (Fsp3) is 0.538. The minimum Gasteiger partial charge on any atom is -0.495 e. The Hall–Kier alpha value is -1.42. The number of nitrogens with one attached hydrogen (secondary N) is 1. The van der Waals surface area contributed by atoms with E-state index in [2.05, 4.69) is 5.32 Å². The molecule has 1 aliphatic rings. The van der Waals surface area contributed by atoms with Gasteiger partial charge in [-0.2, -0.15) is 4.31 Å². The number of benzene rings is 1. The lowest BCUT2D eigenvalue weighted by atomic mass is 10.2. The Morgan fingerprint density at radius 1 is 1.39 bits per heavy atom. The molecule has 130 valence electrons. The summed E-state index contributed by atoms with van der Waals surface area (Å²) in [7, 11) is -2.54. The number of ether oxygens (including phenoxy) is 1. The maximum Gasteiger partial charge on any atom is 0.271 e. The zero-order valence-electron chi connectivity index (χ0n) is 13.1. The van der Waals surface area contributed by atoms with Gasteiger partial charge in [-0.3, -0.25) is 10.1 Å². The Morgan fingerprint density at radius 3 is 2.61 bits per heavy atom. The minimum absolute atomic E-state index is 0. The number of piperazine rings is 1. The van der Waals surface area contributed by atoms with Gasteiger partial charge in [-0.25, -0.2) is 8.42 Å². The first-order valence-corrected chi connectivity index (χ1v) is 8.29. The molecule has 0 saturated carbocycles. The summed E-state index contributed by atoms with van der Waals surface area (Å²) in [5, 5.41) is 14.1. The predicted octanol–water partition coefficient (Wildman–Crippen LogP) is 1.40. The highest BCUT2D eigenvalue weighted by Crippen LogP contribution is 2.31. The monoisotopic (exact) mass is 365 g/mol. The molecule has 0 bridgehead atoms. The van der Waals surface area contributed by atoms with E-state index >= 15 is 0 Å². The summed E-state index contributed by atoms with van der Waals surface area (Å²) < 4.78 is 32.2. The average Bonchev–Trinajstić information content (AvgIpc) is 2.48. The van der Waals surface area contributed by atoms with E-state index in [1.54, 1.807) is 6.92 Å². The van der Waals surface area contributed by atoms with Crippen LogP contribution in [0.4, 0.5) is 5.69 Å². The SMILES string of the molecule is COc1ccc([N+](=O)[O-])cc1S(=O)(=O)N1CC(C)NCC1C.Cl. The van der Waals surface area contributed by atoms with Crippen LogP contribution in [0.5, 0.6) is 5.75 Å². The molecule has 23 heavy (non-hydrogen) atoms. The number of non-ortho nitro benzene ring substituents is 1. The summed E-state index contributed by atoms with van der Waals surface area (Å²) in [4.78, 5) is 10.1. The van der Waals surface area contributed by atoms with Crippen molar-refractivity contribution in [3.63, 3.8) is 0 Å². The van der Waals surface area contributed by atoms with Crippen LogP contribution < -0.4 is 10.1 Å². The normalized spacial score (nSPS) is 22.2. The average molecular weight is 366 g/mol. The summed E-state index contributed by atoms with van der Waals surface area (Å²) in [6, 6.07) is 3.34. The zero-order valence-corrected chi connectivity index (χ0v) is 14.7. The van der Waals surface area contributed by atoms with E-state index in [4.69, 9.17) is 4.74 Å². The first-order valence-electron chi connectivity index (χ1n) is 6.85. The first-order chi connectivity index (χ1) is 10.3. The Morgan fingerprint density at radius 2 is 2.04 bits per heavy atom. The lowest BCUT2D eigenvalue weighted by Gasteiger charge is -2.36. The molecule has 1 aromatic carbocycles. The molecule has 0 spiro atoms. The van der Waals surface area contributed by atoms with Gasteiger partial charge in [0.25, 0.3) is 5.69 Å². The Labute approximate surface area is 141 Å². The molecule has 0 aromatic heterocycles. The molecule has 0 amide bonds. The molecule has 10 heteroatoms. The quantitative estimate of drug-likeness (QED) is 0.639. The molecule has 1 saturated heterocycles. The molecule has 1 aliphatic heterocycles. The van der Waals surface area contributed by atoms with Gasteiger partial charge in [0.05, 0.1) is 12.0 Å². The van der Waals surface area contributed by atoms with Gasteiger partial charge in [-0.15, -0.1) is 12.4 Å². The second-order valence-electron chi connectivity index (χ2n) is 5.33. The van der Waals surface area contributed by atoms with E-state index in [1.807, 2.05) is 6.92 Å². The van der Waals surface area contributed by atoms with Crippen LogP contribution in [0.2, 0.25) is 0 Å². The number of halogens is 1. The Balaban J connectivity index is 0.00000264. The van der Waals surface area contributed by atoms with Crippen molar-refractivity contribution < 1.29 is 18.1 Å². The van der Waals surface area contributed by atoms with Gasteiger partial charge < -0.3 is 10.1 Å². The van der Waals surface area contributed by atoms with Crippen molar-refractivity contribution in [2.75, 3.05) is 20.2 Å². The second kappa shape index (κ2) is 7.43. The van der Waals surface area contributed by atoms with E-state index in [1.165, 1.54) is 23.5 Å². The fourth-order valence-corrected chi connectivity index (χ4v) is 4.33. The van der Waals surface area contributed by atoms with Gasteiger partial charge in [0.2, 0.25) is 10.0 Å². The summed E-state index contributed by atoms with van der Waals surface area (Å²) in [5.74, 6) is 0.101. The zero-order chi connectivity index (χ0) is 16.5. The topological polar surface area (TPSA) is 102 Å². The molecule has 1 aromatic rings. The lowest BCUT2D eigenvalue weighted by molar-refractivity contribution is -0.385. The van der Waals surface area contributed by atoms with Gasteiger partial charge in [-0.05, 0) is 19.9 Å². The van der Waals surface area contributed by atoms with E-state index in [0.29, 0.717) is 13.1 Å². The summed E-state index contributed by atoms with van der Waals surface area (Å²) in [6.45, 7) is 4.51. The number of methoxy groups -OCH3 is 1. The number of rotatable bonds is 4. The van der Waals surface area contributed by atoms with Crippen LogP contribution in [-0.2, 0) is 10.0 Å². The molecular weight excluding hydrogens is 346 g/mol. The van der Waals surface area contributed by atoms with Crippen molar-refractivity contribution >= 4 is 28.1 Å². The van der Waals surface area contributed by atoms with Crippen LogP contribution in [-0.4, -0.2) is 49.9 Å². The van der Waals surface area contributed by atoms with Crippen LogP contribution in [0, 0.1) is 10.1 Å². The summed E-state index contributed by atoms with van der Waals surface area (Å²) in [6.07, 6.45) is 0. The van der Waals surface area contributed by atoms with Crippen molar-refractivity contribution in [3.8, 4) is 5.75 Å². The maximum atomic E-state index is 12.9. The van der Waals surface area contributed by atoms with Crippen molar-refractivity contribution in [1.29, 1.82) is 0 Å². The predicted molar refractivity (Wildman–Crippen MR) is 87.7 cm³/mol. The molecule has 2 atom stereocenters. The van der Waals surface area contributed by atoms with Crippen LogP contribution in [0.3, 0.4) is 0 Å². The minimum atomic E-state index is -3.88. The number of sulfonamides is 1. The molecule has 8 nitrogen and oxygen atoms in total. The van der Waals surface area contributed by atoms with Crippen molar-refractivity contribution in [3.05, 3.63) is 28.3 Å². The highest BCUT2D eigenvalue weighted by Gasteiger charge is 2.36. The van der Waals surface area contributed by atoms with E-state index in [0.717, 1.165) is 6.07 Å². The summed E-state index contributed by atoms with van der Waals surface area (Å²) in [5.41, 5.74) is -0.282. The maximum absolute atomic E-state index is 12.9. The molecule has 0 radical (unpaired) electrons. The molecule has 1 fully saturated rings. The standard InChI is InChI=1S/C13H19N3O5S.ClH/c1-9-8-15(10(2)7-14-9)22(19,20)13-6-11(16(17)18)4-5-12(13)21-3;/h4-6,9-10,14H,7-8H2,1-3H3;1H. The number of nitrogens with zero attached hydrogens (tertiary/aromatic N) is 2. The smallest absolute Gasteiger partial charge is 0.271 e. The van der Waals surface area contributed by atoms with E-state index in [9.17, 15) is 18.5 Å². The molecule has 2 unspecified atom stereocenters. The van der Waals surface area contributed by atoms with Crippen molar-refractivity contribution in [2.45, 2.75) is 30.8 Å². The Kier molecular flexibility index (Phi) is 6.34. The fourth-order valence-electron chi connectivity index (χ4n) is 2.43. The molecule has 1 heterocycles. The first kappa shape index (κ1) is 19.6. The number of hydrogen-bond acceptors (Lipinski definition) is 6. The molecule has 0 aliphatic carbocycles. The van der Waals surface area contributed by atoms with Gasteiger partial charge in [0.15, 0.2) is 0 Å². The number of nitro benzene ring substituents is 1. The highest BCUT2D eigenvalue weighted by atomic mass is 35.5. The third-order valence-corrected chi connectivity index (χ3v) is 5.65. The molecule has 2 rings (SSSR count). The van der Waals surface area contributed by atoms with Crippen molar-refractivity contribution in [2.24, 2.45) is 0 Å². The van der Waals surface area contributed by atoms with Crippen LogP contribution in [0.1, 0.15) is 13.8 Å². The van der Waals surface area contributed by atoms with Crippen LogP contribution in [0.25, 0.3) is 0 Å². The highest BCUT2D eigenvalue weighted by molar-refractivity contribution is 7.89. The van der Waals surface area contributed by atoms with Crippen LogP contribution >= 0.6 is 12.4 Å². The van der Waals surface area contributed by atoms with E-state index in [-0.39, 0.29) is 40.8 Å². The van der Waals surface area contributed by atoms with Gasteiger partial charge in [-0.1, -0.05) is 0 Å². The lowest BCUT2D eigenvalue weighted by Crippen LogP contribution is -2.56. The number of hydrogen-bond donors (Lipinski definition) is 1. The largest absolute Gasteiger partial charge is 0.495 e. The van der Waals surface area contributed by atoms with E-state index < -0.39 is 14.9 Å². The third kappa shape index (κ3) is 3.92. The number of nitro groups is 1. The third-order valence-electron chi connectivity index (χ3n) is 3.65.